The van der Waals surface area contributed by atoms with Crippen LogP contribution in [0.4, 0.5) is 0 Å². The minimum absolute atomic E-state index is 0.539. The summed E-state index contributed by atoms with van der Waals surface area (Å²) in [6.45, 7) is 28.3. The quantitative estimate of drug-likeness (QED) is 0.0537. The third-order valence-corrected chi connectivity index (χ3v) is 18.3. The fourth-order valence-electron chi connectivity index (χ4n) is 12.9. The van der Waals surface area contributed by atoms with E-state index >= 15 is 0 Å². The van der Waals surface area contributed by atoms with Gasteiger partial charge in [-0.15, -0.1) is 0 Å². The number of unbranched alkanes of at least 4 members (excludes halogenated alkanes) is 21. The summed E-state index contributed by atoms with van der Waals surface area (Å²) < 4.78 is 0. The van der Waals surface area contributed by atoms with Crippen LogP contribution in [0, 0.1) is 75.4 Å². The van der Waals surface area contributed by atoms with Gasteiger partial charge in [0.05, 0.1) is 0 Å². The normalized spacial score (nSPS) is 27.0. The Morgan fingerprint density at radius 1 is 0.221 bits per heavy atom. The second kappa shape index (κ2) is 35.2. The van der Waals surface area contributed by atoms with Crippen molar-refractivity contribution in [2.75, 3.05) is 0 Å². The Hall–Kier alpha value is 0. The lowest BCUT2D eigenvalue weighted by atomic mass is 9.89. The van der Waals surface area contributed by atoms with Crippen molar-refractivity contribution >= 4 is 0 Å². The molecule has 5 fully saturated rings. The fourth-order valence-corrected chi connectivity index (χ4v) is 12.9. The second-order valence-corrected chi connectivity index (χ2v) is 29.4. The van der Waals surface area contributed by atoms with E-state index in [1.54, 1.807) is 77.0 Å². The van der Waals surface area contributed by atoms with Gasteiger partial charge < -0.3 is 0 Å². The molecule has 0 aliphatic heterocycles. The van der Waals surface area contributed by atoms with Crippen molar-refractivity contribution in [3.05, 3.63) is 0 Å². The van der Waals surface area contributed by atoms with Gasteiger partial charge in [0.25, 0.3) is 0 Å². The molecule has 0 nitrogen and oxygen atoms in total. The molecule has 10 atom stereocenters. The zero-order valence-electron chi connectivity index (χ0n) is 49.7. The molecule has 0 radical (unpaired) electrons. The maximum atomic E-state index is 2.37. The largest absolute Gasteiger partial charge is 0.0654 e. The number of hydrogen-bond acceptors (Lipinski definition) is 0. The lowest BCUT2D eigenvalue weighted by Gasteiger charge is -2.17. The molecule has 10 unspecified atom stereocenters. The minimum atomic E-state index is 0.539. The van der Waals surface area contributed by atoms with Crippen molar-refractivity contribution in [3.8, 4) is 0 Å². The topological polar surface area (TPSA) is 0 Å². The van der Waals surface area contributed by atoms with Gasteiger partial charge in [0.2, 0.25) is 0 Å². The van der Waals surface area contributed by atoms with Crippen LogP contribution in [0.15, 0.2) is 0 Å². The number of hydrogen-bond donors (Lipinski definition) is 0. The molecule has 5 saturated carbocycles. The van der Waals surface area contributed by atoms with E-state index in [-0.39, 0.29) is 0 Å². The summed E-state index contributed by atoms with van der Waals surface area (Å²) >= 11 is 0. The van der Waals surface area contributed by atoms with Crippen molar-refractivity contribution in [1.82, 2.24) is 0 Å². The molecular weight excluding hydrogens is 817 g/mol. The third-order valence-electron chi connectivity index (χ3n) is 18.3. The van der Waals surface area contributed by atoms with Gasteiger partial charge in [-0.05, 0) is 140 Å². The molecule has 5 aliphatic carbocycles. The van der Waals surface area contributed by atoms with Crippen molar-refractivity contribution in [3.63, 3.8) is 0 Å². The molecule has 0 spiro atoms. The van der Waals surface area contributed by atoms with Crippen LogP contribution in [-0.4, -0.2) is 0 Å². The Labute approximate surface area is 432 Å². The second-order valence-electron chi connectivity index (χ2n) is 29.4. The first-order valence-electron chi connectivity index (χ1n) is 32.5. The van der Waals surface area contributed by atoms with Crippen molar-refractivity contribution < 1.29 is 0 Å². The van der Waals surface area contributed by atoms with Gasteiger partial charge >= 0.3 is 0 Å². The van der Waals surface area contributed by atoms with Crippen LogP contribution < -0.4 is 0 Å². The SMILES string of the molecule is CCCCCC1CC1CC1CC1CCCCCCCC(C)(C)C.CCCCCC1CC1CC1CC1CCCCCCCCC(C)(C)C.CCCCCCC1CC1CCCCCCCCC(C)(C)C. The average Bonchev–Trinajstić information content (AvgIpc) is 3.99. The summed E-state index contributed by atoms with van der Waals surface area (Å²) in [6, 6.07) is 0. The van der Waals surface area contributed by atoms with E-state index < -0.39 is 0 Å². The Morgan fingerprint density at radius 2 is 0.397 bits per heavy atom. The highest BCUT2D eigenvalue weighted by molar-refractivity contribution is 4.96. The maximum absolute atomic E-state index is 2.37. The van der Waals surface area contributed by atoms with Gasteiger partial charge in [-0.3, -0.25) is 0 Å². The maximum Gasteiger partial charge on any atom is -0.0380 e. The molecule has 5 rings (SSSR count). The minimum Gasteiger partial charge on any atom is -0.0654 e. The molecule has 0 N–H and O–H groups in total. The highest BCUT2D eigenvalue weighted by Crippen LogP contribution is 2.56. The van der Waals surface area contributed by atoms with Gasteiger partial charge in [-0.2, -0.15) is 0 Å². The van der Waals surface area contributed by atoms with Crippen molar-refractivity contribution in [2.45, 2.75) is 359 Å². The van der Waals surface area contributed by atoms with Crippen molar-refractivity contribution in [2.24, 2.45) is 75.4 Å². The molecule has 0 bridgehead atoms. The predicted octanol–water partition coefficient (Wildman–Crippen LogP) is 24.2. The molecular formula is C68H132. The molecule has 0 amide bonds. The summed E-state index contributed by atoms with van der Waals surface area (Å²) in [5, 5.41) is 0. The van der Waals surface area contributed by atoms with Gasteiger partial charge in [0.1, 0.15) is 0 Å². The number of rotatable bonds is 40. The summed E-state index contributed by atoms with van der Waals surface area (Å²) in [5.74, 6) is 11.4. The van der Waals surface area contributed by atoms with E-state index in [1.165, 1.54) is 199 Å². The monoisotopic (exact) mass is 949 g/mol. The van der Waals surface area contributed by atoms with Crippen molar-refractivity contribution in [1.29, 1.82) is 0 Å². The first kappa shape index (κ1) is 62.3. The molecule has 0 aromatic carbocycles. The van der Waals surface area contributed by atoms with Crippen LogP contribution in [0.25, 0.3) is 0 Å². The van der Waals surface area contributed by atoms with E-state index in [2.05, 4.69) is 83.1 Å². The van der Waals surface area contributed by atoms with Crippen LogP contribution in [-0.2, 0) is 0 Å². The lowest BCUT2D eigenvalue weighted by Crippen LogP contribution is -2.03. The van der Waals surface area contributed by atoms with Crippen LogP contribution >= 0.6 is 0 Å². The molecule has 0 aromatic heterocycles. The van der Waals surface area contributed by atoms with Crippen LogP contribution in [0.2, 0.25) is 0 Å². The van der Waals surface area contributed by atoms with Crippen LogP contribution in [0.5, 0.6) is 0 Å². The van der Waals surface area contributed by atoms with Gasteiger partial charge in [-0.25, -0.2) is 0 Å². The highest BCUT2D eigenvalue weighted by atomic mass is 14.5. The zero-order chi connectivity index (χ0) is 49.7. The standard InChI is InChI=1S/C24H46.C23H44.C21H42/c1-5-6-11-14-20-17-22(20)19-23-18-21(23)15-12-9-7-8-10-13-16-24(2,3)4;1-5-6-10-13-19-16-21(19)18-22-17-20(22)14-11-8-7-9-12-15-23(2,3)4;1-5-6-7-12-15-19-18-20(19)16-13-10-8-9-11-14-17-21(2,3)4/h20-23H,5-19H2,1-4H3;19-22H,5-18H2,1-4H3;19-20H,5-18H2,1-4H3. The molecule has 0 aromatic rings. The predicted molar refractivity (Wildman–Crippen MR) is 309 cm³/mol. The Bertz CT molecular complexity index is 1160. The van der Waals surface area contributed by atoms with Crippen LogP contribution in [0.3, 0.4) is 0 Å². The molecule has 404 valence electrons. The van der Waals surface area contributed by atoms with E-state index in [4.69, 9.17) is 0 Å². The van der Waals surface area contributed by atoms with Gasteiger partial charge in [0, 0.05) is 0 Å². The van der Waals surface area contributed by atoms with Crippen LogP contribution in [0.1, 0.15) is 359 Å². The molecule has 5 aliphatic rings. The third kappa shape index (κ3) is 35.2. The summed E-state index contributed by atoms with van der Waals surface area (Å²) in [4.78, 5) is 0. The summed E-state index contributed by atoms with van der Waals surface area (Å²) in [5.41, 5.74) is 1.62. The van der Waals surface area contributed by atoms with Gasteiger partial charge in [0.15, 0.2) is 0 Å². The molecule has 0 heterocycles. The Balaban J connectivity index is 0.000000271. The zero-order valence-corrected chi connectivity index (χ0v) is 49.7. The first-order chi connectivity index (χ1) is 32.5. The molecule has 68 heavy (non-hydrogen) atoms. The first-order valence-corrected chi connectivity index (χ1v) is 32.5. The lowest BCUT2D eigenvalue weighted by molar-refractivity contribution is 0.356. The highest BCUT2D eigenvalue weighted by Gasteiger charge is 2.45. The van der Waals surface area contributed by atoms with E-state index in [0.29, 0.717) is 16.2 Å². The van der Waals surface area contributed by atoms with E-state index in [1.807, 2.05) is 0 Å². The van der Waals surface area contributed by atoms with Gasteiger partial charge in [-0.1, -0.05) is 295 Å². The smallest absolute Gasteiger partial charge is 0.0380 e. The Morgan fingerprint density at radius 3 is 0.647 bits per heavy atom. The summed E-state index contributed by atoms with van der Waals surface area (Å²) in [7, 11) is 0. The van der Waals surface area contributed by atoms with E-state index in [9.17, 15) is 0 Å². The Kier molecular flexibility index (Phi) is 32.3. The molecule has 0 saturated heterocycles. The average molecular weight is 950 g/mol. The summed E-state index contributed by atoms with van der Waals surface area (Å²) in [6.07, 6.45) is 64.3. The molecule has 0 heteroatoms. The fraction of sp³-hybridized carbons (Fsp3) is 1.00. The van der Waals surface area contributed by atoms with E-state index in [0.717, 1.165) is 59.2 Å².